The molecule has 0 radical (unpaired) electrons. The van der Waals surface area contributed by atoms with Crippen LogP contribution < -0.4 is 4.74 Å². The fraction of sp³-hybridized carbons (Fsp3) is 0.462. The average Bonchev–Trinajstić information content (AvgIpc) is 2.32. The maximum absolute atomic E-state index is 11.0. The predicted molar refractivity (Wildman–Crippen MR) is 70.0 cm³/mol. The maximum atomic E-state index is 11.0. The molecule has 1 aromatic rings. The number of carbonyl (C=O) groups is 1. The Morgan fingerprint density at radius 2 is 1.89 bits per heavy atom. The summed E-state index contributed by atoms with van der Waals surface area (Å²) in [5, 5.41) is 8.58. The largest absolute Gasteiger partial charge is 0.493 e. The summed E-state index contributed by atoms with van der Waals surface area (Å²) in [6.45, 7) is 0.410. The molecule has 5 nitrogen and oxygen atoms in total. The minimum absolute atomic E-state index is 0.0942. The molecule has 0 unspecified atom stereocenters. The number of carboxylic acids is 1. The van der Waals surface area contributed by atoms with Crippen molar-refractivity contribution < 1.29 is 23.1 Å². The molecule has 6 heteroatoms. The second-order valence-corrected chi connectivity index (χ2v) is 6.95. The molecule has 2 rings (SSSR count). The first-order valence-electron chi connectivity index (χ1n) is 6.08. The van der Waals surface area contributed by atoms with Crippen LogP contribution in [-0.4, -0.2) is 37.6 Å². The molecule has 1 heterocycles. The van der Waals surface area contributed by atoms with Crippen LogP contribution in [0.2, 0.25) is 0 Å². The minimum Gasteiger partial charge on any atom is -0.493 e. The van der Waals surface area contributed by atoms with E-state index in [1.807, 2.05) is 12.1 Å². The highest BCUT2D eigenvalue weighted by Gasteiger charge is 2.33. The van der Waals surface area contributed by atoms with Crippen LogP contribution in [0.3, 0.4) is 0 Å². The van der Waals surface area contributed by atoms with Crippen LogP contribution in [0, 0.1) is 5.92 Å². The number of hydrogen-bond acceptors (Lipinski definition) is 4. The fourth-order valence-electron chi connectivity index (χ4n) is 1.98. The number of benzene rings is 1. The minimum atomic E-state index is -2.79. The van der Waals surface area contributed by atoms with Crippen LogP contribution in [0.15, 0.2) is 24.3 Å². The fourth-order valence-corrected chi connectivity index (χ4v) is 3.51. The molecule has 19 heavy (non-hydrogen) atoms. The standard InChI is InChI=1S/C13H16O5S/c14-13(15)6-3-10-1-4-12(5-2-10)18-7-11-8-19(16,17)9-11/h1-2,4-5,11H,3,6-9H2,(H,14,15). The van der Waals surface area contributed by atoms with Crippen molar-refractivity contribution in [1.82, 2.24) is 0 Å². The van der Waals surface area contributed by atoms with Gasteiger partial charge in [0.15, 0.2) is 9.84 Å². The SMILES string of the molecule is O=C(O)CCc1ccc(OCC2CS(=O)(=O)C2)cc1. The van der Waals surface area contributed by atoms with Crippen LogP contribution in [0.5, 0.6) is 5.75 Å². The third-order valence-electron chi connectivity index (χ3n) is 3.02. The van der Waals surface area contributed by atoms with Gasteiger partial charge in [0.1, 0.15) is 5.75 Å². The van der Waals surface area contributed by atoms with Gasteiger partial charge in [-0.2, -0.15) is 0 Å². The summed E-state index contributed by atoms with van der Waals surface area (Å²) in [5.41, 5.74) is 0.945. The van der Waals surface area contributed by atoms with Gasteiger partial charge >= 0.3 is 5.97 Å². The Morgan fingerprint density at radius 1 is 1.26 bits per heavy atom. The summed E-state index contributed by atoms with van der Waals surface area (Å²) in [7, 11) is -2.79. The van der Waals surface area contributed by atoms with E-state index in [1.54, 1.807) is 12.1 Å². The summed E-state index contributed by atoms with van der Waals surface area (Å²) >= 11 is 0. The first-order chi connectivity index (χ1) is 8.94. The van der Waals surface area contributed by atoms with Crippen molar-refractivity contribution in [2.24, 2.45) is 5.92 Å². The molecule has 1 aromatic carbocycles. The topological polar surface area (TPSA) is 80.7 Å². The molecule has 0 aliphatic carbocycles. The molecule has 0 spiro atoms. The Hall–Kier alpha value is -1.56. The highest BCUT2D eigenvalue weighted by Crippen LogP contribution is 2.20. The van der Waals surface area contributed by atoms with Crippen molar-refractivity contribution in [1.29, 1.82) is 0 Å². The van der Waals surface area contributed by atoms with Crippen molar-refractivity contribution in [3.63, 3.8) is 0 Å². The monoisotopic (exact) mass is 284 g/mol. The third-order valence-corrected chi connectivity index (χ3v) is 4.97. The zero-order valence-corrected chi connectivity index (χ0v) is 11.2. The van der Waals surface area contributed by atoms with Crippen molar-refractivity contribution >= 4 is 15.8 Å². The Morgan fingerprint density at radius 3 is 2.42 bits per heavy atom. The van der Waals surface area contributed by atoms with Gasteiger partial charge in [-0.15, -0.1) is 0 Å². The number of aliphatic carboxylic acids is 1. The second-order valence-electron chi connectivity index (χ2n) is 4.79. The normalized spacial score (nSPS) is 17.7. The quantitative estimate of drug-likeness (QED) is 0.847. The van der Waals surface area contributed by atoms with Crippen LogP contribution in [0.25, 0.3) is 0 Å². The van der Waals surface area contributed by atoms with Gasteiger partial charge in [0.2, 0.25) is 0 Å². The van der Waals surface area contributed by atoms with Gasteiger partial charge in [-0.05, 0) is 24.1 Å². The number of carboxylic acid groups (broad SMARTS) is 1. The lowest BCUT2D eigenvalue weighted by atomic mass is 10.1. The number of rotatable bonds is 6. The smallest absolute Gasteiger partial charge is 0.303 e. The summed E-state index contributed by atoms with van der Waals surface area (Å²) in [6.07, 6.45) is 0.608. The first kappa shape index (κ1) is 13.9. The maximum Gasteiger partial charge on any atom is 0.303 e. The van der Waals surface area contributed by atoms with Crippen molar-refractivity contribution in [2.45, 2.75) is 12.8 Å². The Labute approximate surface area is 112 Å². The van der Waals surface area contributed by atoms with E-state index < -0.39 is 15.8 Å². The van der Waals surface area contributed by atoms with E-state index in [0.717, 1.165) is 5.56 Å². The molecule has 1 aliphatic rings. The Balaban J connectivity index is 1.77. The van der Waals surface area contributed by atoms with Crippen LogP contribution in [0.4, 0.5) is 0 Å². The lowest BCUT2D eigenvalue weighted by molar-refractivity contribution is -0.136. The van der Waals surface area contributed by atoms with Gasteiger partial charge in [-0.1, -0.05) is 12.1 Å². The van der Waals surface area contributed by atoms with Crippen LogP contribution in [-0.2, 0) is 21.1 Å². The Kier molecular flexibility index (Phi) is 4.09. The van der Waals surface area contributed by atoms with Gasteiger partial charge in [0.25, 0.3) is 0 Å². The van der Waals surface area contributed by atoms with Gasteiger partial charge in [0.05, 0.1) is 18.1 Å². The molecule has 0 aromatic heterocycles. The highest BCUT2D eigenvalue weighted by atomic mass is 32.2. The summed E-state index contributed by atoms with van der Waals surface area (Å²) in [6, 6.07) is 7.22. The second kappa shape index (κ2) is 5.61. The van der Waals surface area contributed by atoms with Gasteiger partial charge < -0.3 is 9.84 Å². The molecule has 104 valence electrons. The van der Waals surface area contributed by atoms with Gasteiger partial charge in [-0.25, -0.2) is 8.42 Å². The summed E-state index contributed by atoms with van der Waals surface area (Å²) < 4.78 is 27.5. The zero-order chi connectivity index (χ0) is 13.9. The lowest BCUT2D eigenvalue weighted by Gasteiger charge is -2.25. The summed E-state index contributed by atoms with van der Waals surface area (Å²) in [4.78, 5) is 10.4. The molecule has 0 saturated carbocycles. The number of aryl methyl sites for hydroxylation is 1. The molecule has 0 amide bonds. The molecule has 0 bridgehead atoms. The van der Waals surface area contributed by atoms with E-state index in [2.05, 4.69) is 0 Å². The van der Waals surface area contributed by atoms with Gasteiger partial charge in [-0.3, -0.25) is 4.79 Å². The van der Waals surface area contributed by atoms with E-state index in [-0.39, 0.29) is 23.8 Å². The predicted octanol–water partition coefficient (Wildman–Crippen LogP) is 1.13. The molecule has 1 saturated heterocycles. The Bertz CT molecular complexity index is 535. The van der Waals surface area contributed by atoms with Crippen LogP contribution in [0.1, 0.15) is 12.0 Å². The molecule has 0 atom stereocenters. The van der Waals surface area contributed by atoms with E-state index in [1.165, 1.54) is 0 Å². The van der Waals surface area contributed by atoms with Crippen molar-refractivity contribution in [2.75, 3.05) is 18.1 Å². The van der Waals surface area contributed by atoms with E-state index >= 15 is 0 Å². The number of ether oxygens (including phenoxy) is 1. The van der Waals surface area contributed by atoms with Crippen molar-refractivity contribution in [3.8, 4) is 5.75 Å². The lowest BCUT2D eigenvalue weighted by Crippen LogP contribution is -2.39. The molecular weight excluding hydrogens is 268 g/mol. The number of sulfone groups is 1. The first-order valence-corrected chi connectivity index (χ1v) is 7.91. The average molecular weight is 284 g/mol. The van der Waals surface area contributed by atoms with E-state index in [9.17, 15) is 13.2 Å². The van der Waals surface area contributed by atoms with Crippen LogP contribution >= 0.6 is 0 Å². The third kappa shape index (κ3) is 4.24. The molecule has 1 N–H and O–H groups in total. The van der Waals surface area contributed by atoms with Gasteiger partial charge in [0, 0.05) is 12.3 Å². The van der Waals surface area contributed by atoms with E-state index in [4.69, 9.17) is 9.84 Å². The molecular formula is C13H16O5S. The van der Waals surface area contributed by atoms with E-state index in [0.29, 0.717) is 18.8 Å². The number of hydrogen-bond donors (Lipinski definition) is 1. The molecule has 1 fully saturated rings. The molecule has 1 aliphatic heterocycles. The summed E-state index contributed by atoms with van der Waals surface area (Å²) in [5.74, 6) is 0.388. The zero-order valence-electron chi connectivity index (χ0n) is 10.4. The van der Waals surface area contributed by atoms with Crippen molar-refractivity contribution in [3.05, 3.63) is 29.8 Å². The highest BCUT2D eigenvalue weighted by molar-refractivity contribution is 7.92.